The molecule has 170 valence electrons. The average molecular weight is 419 g/mol. The van der Waals surface area contributed by atoms with E-state index in [2.05, 4.69) is 20.8 Å². The molecule has 30 heavy (non-hydrogen) atoms. The Hall–Kier alpha value is -0.900. The molecule has 0 amide bonds. The van der Waals surface area contributed by atoms with Crippen LogP contribution in [0, 0.1) is 46.3 Å². The topological polar surface area (TPSA) is 63.6 Å². The van der Waals surface area contributed by atoms with Crippen LogP contribution in [0.2, 0.25) is 0 Å². The molecule has 4 fully saturated rings. The summed E-state index contributed by atoms with van der Waals surface area (Å²) in [5.41, 5.74) is 0.497. The molecule has 0 bridgehead atoms. The predicted molar refractivity (Wildman–Crippen MR) is 117 cm³/mol. The molecule has 0 aromatic rings. The molecule has 4 aliphatic rings. The molecule has 4 heteroatoms. The van der Waals surface area contributed by atoms with Crippen LogP contribution in [0.25, 0.3) is 0 Å². The molecule has 0 radical (unpaired) electrons. The largest absolute Gasteiger partial charge is 0.466 e. The second-order valence-electron chi connectivity index (χ2n) is 11.6. The molecule has 0 aromatic carbocycles. The van der Waals surface area contributed by atoms with Gasteiger partial charge in [-0.2, -0.15) is 0 Å². The lowest BCUT2D eigenvalue weighted by Gasteiger charge is -2.62. The zero-order chi connectivity index (χ0) is 21.7. The predicted octanol–water partition coefficient (Wildman–Crippen LogP) is 5.16. The first-order valence-corrected chi connectivity index (χ1v) is 12.6. The van der Waals surface area contributed by atoms with Gasteiger partial charge in [0, 0.05) is 19.3 Å². The Morgan fingerprint density at radius 3 is 2.63 bits per heavy atom. The Morgan fingerprint density at radius 1 is 1.17 bits per heavy atom. The highest BCUT2D eigenvalue weighted by Crippen LogP contribution is 2.68. The summed E-state index contributed by atoms with van der Waals surface area (Å²) in [5, 5.41) is 11.3. The summed E-state index contributed by atoms with van der Waals surface area (Å²) in [6.07, 6.45) is 9.30. The number of aliphatic hydroxyl groups is 1. The number of ether oxygens (including phenoxy) is 1. The fourth-order valence-corrected chi connectivity index (χ4v) is 8.77. The summed E-state index contributed by atoms with van der Waals surface area (Å²) in [4.78, 5) is 24.0. The fraction of sp³-hybridized carbons (Fsp3) is 0.923. The Morgan fingerprint density at radius 2 is 1.90 bits per heavy atom. The molecule has 4 saturated carbocycles. The van der Waals surface area contributed by atoms with E-state index in [0.29, 0.717) is 60.7 Å². The Balaban J connectivity index is 1.50. The van der Waals surface area contributed by atoms with Crippen molar-refractivity contribution in [2.24, 2.45) is 46.3 Å². The van der Waals surface area contributed by atoms with E-state index in [-0.39, 0.29) is 22.9 Å². The Labute approximate surface area is 182 Å². The van der Waals surface area contributed by atoms with Gasteiger partial charge in [0.05, 0.1) is 12.7 Å². The second kappa shape index (κ2) is 8.22. The van der Waals surface area contributed by atoms with E-state index in [1.165, 1.54) is 25.7 Å². The first-order chi connectivity index (χ1) is 14.2. The number of ketones is 1. The first kappa shape index (κ1) is 22.3. The number of fused-ring (bicyclic) bond motifs is 5. The van der Waals surface area contributed by atoms with Gasteiger partial charge in [-0.25, -0.2) is 0 Å². The number of carbonyl (C=O) groups is 2. The summed E-state index contributed by atoms with van der Waals surface area (Å²) in [6, 6.07) is 0. The highest BCUT2D eigenvalue weighted by Gasteiger charge is 2.62. The van der Waals surface area contributed by atoms with Crippen molar-refractivity contribution in [2.75, 3.05) is 6.61 Å². The zero-order valence-electron chi connectivity index (χ0n) is 19.5. The third kappa shape index (κ3) is 3.55. The fourth-order valence-electron chi connectivity index (χ4n) is 8.77. The van der Waals surface area contributed by atoms with Gasteiger partial charge in [-0.1, -0.05) is 20.8 Å². The maximum Gasteiger partial charge on any atom is 0.305 e. The first-order valence-electron chi connectivity index (χ1n) is 12.6. The maximum absolute atomic E-state index is 12.1. The highest BCUT2D eigenvalue weighted by atomic mass is 16.5. The van der Waals surface area contributed by atoms with Gasteiger partial charge in [0.1, 0.15) is 5.78 Å². The third-order valence-electron chi connectivity index (χ3n) is 10.4. The van der Waals surface area contributed by atoms with Crippen LogP contribution in [0.5, 0.6) is 0 Å². The maximum atomic E-state index is 12.1. The molecule has 0 aliphatic heterocycles. The van der Waals surface area contributed by atoms with Gasteiger partial charge >= 0.3 is 5.97 Å². The van der Waals surface area contributed by atoms with E-state index in [4.69, 9.17) is 4.74 Å². The van der Waals surface area contributed by atoms with Gasteiger partial charge in [0.2, 0.25) is 0 Å². The molecule has 0 saturated heterocycles. The molecule has 1 N–H and O–H groups in total. The van der Waals surface area contributed by atoms with E-state index < -0.39 is 0 Å². The SMILES string of the molecule is CCOC(=O)CC[C@@H](C)[C@H]1CC[C@H]2[C@@H]3[C@H](O)C[C@@H]4CC(=O)CC[C@]4(C)[C@H]3CC[C@]12C. The molecular formula is C26H42O4. The molecule has 4 aliphatic carbocycles. The number of aliphatic hydroxyl groups excluding tert-OH is 1. The van der Waals surface area contributed by atoms with Crippen LogP contribution in [0.1, 0.15) is 91.9 Å². The lowest BCUT2D eigenvalue weighted by atomic mass is 9.44. The Kier molecular flexibility index (Phi) is 6.11. The van der Waals surface area contributed by atoms with Gasteiger partial charge in [0.25, 0.3) is 0 Å². The van der Waals surface area contributed by atoms with Crippen LogP contribution in [0.4, 0.5) is 0 Å². The highest BCUT2D eigenvalue weighted by molar-refractivity contribution is 5.79. The van der Waals surface area contributed by atoms with Crippen molar-refractivity contribution in [2.45, 2.75) is 98.0 Å². The van der Waals surface area contributed by atoms with Crippen molar-refractivity contribution in [1.82, 2.24) is 0 Å². The molecule has 0 aromatic heterocycles. The number of esters is 1. The summed E-state index contributed by atoms with van der Waals surface area (Å²) < 4.78 is 5.14. The quantitative estimate of drug-likeness (QED) is 0.626. The van der Waals surface area contributed by atoms with Crippen molar-refractivity contribution in [3.8, 4) is 0 Å². The van der Waals surface area contributed by atoms with Gasteiger partial charge in [0.15, 0.2) is 0 Å². The van der Waals surface area contributed by atoms with Crippen LogP contribution in [-0.4, -0.2) is 29.6 Å². The molecule has 0 unspecified atom stereocenters. The zero-order valence-corrected chi connectivity index (χ0v) is 19.5. The lowest BCUT2D eigenvalue weighted by molar-refractivity contribution is -0.169. The van der Waals surface area contributed by atoms with Crippen LogP contribution in [0.3, 0.4) is 0 Å². The minimum atomic E-state index is -0.253. The van der Waals surface area contributed by atoms with E-state index in [1.54, 1.807) is 0 Å². The summed E-state index contributed by atoms with van der Waals surface area (Å²) in [7, 11) is 0. The van der Waals surface area contributed by atoms with Crippen molar-refractivity contribution in [3.05, 3.63) is 0 Å². The summed E-state index contributed by atoms with van der Waals surface area (Å²) in [5.74, 6) is 3.38. The Bertz CT molecular complexity index is 674. The van der Waals surface area contributed by atoms with Crippen molar-refractivity contribution >= 4 is 11.8 Å². The summed E-state index contributed by atoms with van der Waals surface area (Å²) >= 11 is 0. The minimum absolute atomic E-state index is 0.0683. The third-order valence-corrected chi connectivity index (χ3v) is 10.4. The van der Waals surface area contributed by atoms with Gasteiger partial charge in [-0.3, -0.25) is 9.59 Å². The average Bonchev–Trinajstić information content (AvgIpc) is 3.05. The number of hydrogen-bond donors (Lipinski definition) is 1. The van der Waals surface area contributed by atoms with Gasteiger partial charge in [-0.05, 0) is 98.2 Å². The van der Waals surface area contributed by atoms with Crippen molar-refractivity contribution in [3.63, 3.8) is 0 Å². The monoisotopic (exact) mass is 418 g/mol. The molecular weight excluding hydrogens is 376 g/mol. The number of carbonyl (C=O) groups excluding carboxylic acids is 2. The van der Waals surface area contributed by atoms with Gasteiger partial charge in [-0.15, -0.1) is 0 Å². The molecule has 9 atom stereocenters. The normalized spacial score (nSPS) is 46.5. The second-order valence-corrected chi connectivity index (χ2v) is 11.6. The number of Topliss-reactive ketones (excluding diaryl/α,β-unsaturated/α-hetero) is 1. The molecule has 4 nitrogen and oxygen atoms in total. The molecule has 0 spiro atoms. The van der Waals surface area contributed by atoms with Crippen LogP contribution < -0.4 is 0 Å². The minimum Gasteiger partial charge on any atom is -0.466 e. The van der Waals surface area contributed by atoms with E-state index in [0.717, 1.165) is 25.7 Å². The standard InChI is InChI=1S/C26H42O4/c1-5-30-23(29)9-6-16(2)19-7-8-20-24-21(11-13-26(19,20)4)25(3)12-10-18(27)14-17(25)15-22(24)28/h16-17,19-22,24,28H,5-15H2,1-4H3/t16-,17+,19-,20+,21+,22-,24+,25+,26-/m1/s1. The lowest BCUT2D eigenvalue weighted by Crippen LogP contribution is -2.58. The van der Waals surface area contributed by atoms with Gasteiger partial charge < -0.3 is 9.84 Å². The molecule has 4 rings (SSSR count). The molecule has 0 heterocycles. The van der Waals surface area contributed by atoms with E-state index >= 15 is 0 Å². The van der Waals surface area contributed by atoms with Crippen molar-refractivity contribution < 1.29 is 19.4 Å². The number of rotatable bonds is 5. The van der Waals surface area contributed by atoms with E-state index in [9.17, 15) is 14.7 Å². The van der Waals surface area contributed by atoms with Crippen molar-refractivity contribution in [1.29, 1.82) is 0 Å². The van der Waals surface area contributed by atoms with Crippen LogP contribution >= 0.6 is 0 Å². The summed E-state index contributed by atoms with van der Waals surface area (Å²) in [6.45, 7) is 9.57. The number of hydrogen-bond acceptors (Lipinski definition) is 4. The van der Waals surface area contributed by atoms with Crippen LogP contribution in [0.15, 0.2) is 0 Å². The van der Waals surface area contributed by atoms with E-state index in [1.807, 2.05) is 6.92 Å². The smallest absolute Gasteiger partial charge is 0.305 e. The van der Waals surface area contributed by atoms with Crippen LogP contribution in [-0.2, 0) is 14.3 Å².